The molecule has 1 aromatic rings. The molecule has 0 saturated carbocycles. The zero-order valence-corrected chi connectivity index (χ0v) is 6.28. The standard InChI is InChI=1S/C7H8N2O3/c10-6(11)2-1-5-7(12)9-4-3-8-5/h3-4H,1-2H2,(H,9,12)(H,10,11). The number of aliphatic carboxylic acids is 1. The van der Waals surface area contributed by atoms with Crippen LogP contribution in [0.25, 0.3) is 0 Å². The normalized spacial score (nSPS) is 9.67. The van der Waals surface area contributed by atoms with Gasteiger partial charge in [0.1, 0.15) is 5.69 Å². The van der Waals surface area contributed by atoms with Gasteiger partial charge in [-0.3, -0.25) is 14.6 Å². The second-order valence-electron chi connectivity index (χ2n) is 2.26. The molecule has 5 heteroatoms. The van der Waals surface area contributed by atoms with Gasteiger partial charge in [0, 0.05) is 18.8 Å². The van der Waals surface area contributed by atoms with E-state index in [2.05, 4.69) is 9.97 Å². The fraction of sp³-hybridized carbons (Fsp3) is 0.286. The smallest absolute Gasteiger partial charge is 0.303 e. The Morgan fingerprint density at radius 2 is 2.42 bits per heavy atom. The van der Waals surface area contributed by atoms with Gasteiger partial charge in [0.05, 0.1) is 6.42 Å². The van der Waals surface area contributed by atoms with Crippen LogP contribution in [-0.4, -0.2) is 21.0 Å². The fourth-order valence-corrected chi connectivity index (χ4v) is 0.786. The van der Waals surface area contributed by atoms with Crippen molar-refractivity contribution in [1.82, 2.24) is 9.97 Å². The number of H-pyrrole nitrogens is 1. The Hall–Kier alpha value is -1.65. The summed E-state index contributed by atoms with van der Waals surface area (Å²) in [6.07, 6.45) is 2.94. The van der Waals surface area contributed by atoms with Crippen LogP contribution in [0, 0.1) is 0 Å². The second-order valence-corrected chi connectivity index (χ2v) is 2.26. The van der Waals surface area contributed by atoms with Gasteiger partial charge in [-0.1, -0.05) is 0 Å². The Labute approximate surface area is 68.1 Å². The number of hydrogen-bond donors (Lipinski definition) is 2. The van der Waals surface area contributed by atoms with E-state index in [9.17, 15) is 9.59 Å². The monoisotopic (exact) mass is 168 g/mol. The average molecular weight is 168 g/mol. The molecular formula is C7H8N2O3. The minimum atomic E-state index is -0.931. The van der Waals surface area contributed by atoms with E-state index < -0.39 is 5.97 Å². The summed E-state index contributed by atoms with van der Waals surface area (Å²) in [5.41, 5.74) is -0.0568. The lowest BCUT2D eigenvalue weighted by atomic mass is 10.2. The molecule has 1 heterocycles. The predicted octanol–water partition coefficient (Wildman–Crippen LogP) is -0.213. The van der Waals surface area contributed by atoms with Crippen molar-refractivity contribution in [3.8, 4) is 0 Å². The minimum absolute atomic E-state index is 0.0694. The third-order valence-electron chi connectivity index (χ3n) is 1.36. The summed E-state index contributed by atoms with van der Waals surface area (Å²) in [5, 5.41) is 8.33. The highest BCUT2D eigenvalue weighted by Gasteiger charge is 2.02. The predicted molar refractivity (Wildman–Crippen MR) is 40.8 cm³/mol. The van der Waals surface area contributed by atoms with Crippen LogP contribution in [0.4, 0.5) is 0 Å². The molecule has 64 valence electrons. The maximum absolute atomic E-state index is 10.9. The molecule has 0 atom stereocenters. The zero-order chi connectivity index (χ0) is 8.97. The molecule has 0 aliphatic rings. The molecule has 0 saturated heterocycles. The van der Waals surface area contributed by atoms with Crippen LogP contribution < -0.4 is 5.56 Å². The van der Waals surface area contributed by atoms with E-state index in [0.29, 0.717) is 0 Å². The molecule has 2 N–H and O–H groups in total. The van der Waals surface area contributed by atoms with Gasteiger partial charge in [0.25, 0.3) is 5.56 Å². The van der Waals surface area contributed by atoms with Gasteiger partial charge in [-0.2, -0.15) is 0 Å². The van der Waals surface area contributed by atoms with E-state index >= 15 is 0 Å². The van der Waals surface area contributed by atoms with Gasteiger partial charge >= 0.3 is 5.97 Å². The Bertz CT molecular complexity index is 331. The summed E-state index contributed by atoms with van der Waals surface area (Å²) in [5.74, 6) is -0.931. The topological polar surface area (TPSA) is 83.0 Å². The Morgan fingerprint density at radius 1 is 1.67 bits per heavy atom. The van der Waals surface area contributed by atoms with Crippen molar-refractivity contribution in [1.29, 1.82) is 0 Å². The van der Waals surface area contributed by atoms with E-state index in [1.807, 2.05) is 0 Å². The number of nitrogens with zero attached hydrogens (tertiary/aromatic N) is 1. The van der Waals surface area contributed by atoms with Crippen LogP contribution in [0.1, 0.15) is 12.1 Å². The van der Waals surface area contributed by atoms with Crippen LogP contribution in [0.5, 0.6) is 0 Å². The van der Waals surface area contributed by atoms with Crippen LogP contribution in [0.2, 0.25) is 0 Å². The molecule has 12 heavy (non-hydrogen) atoms. The Balaban J connectivity index is 2.70. The quantitative estimate of drug-likeness (QED) is 0.654. The number of carbonyl (C=O) groups is 1. The summed E-state index contributed by atoms with van der Waals surface area (Å²) in [4.78, 5) is 27.2. The van der Waals surface area contributed by atoms with E-state index in [1.54, 1.807) is 0 Å². The van der Waals surface area contributed by atoms with Gasteiger partial charge in [-0.05, 0) is 0 Å². The molecule has 0 aliphatic carbocycles. The zero-order valence-electron chi connectivity index (χ0n) is 6.28. The van der Waals surface area contributed by atoms with E-state index in [0.717, 1.165) is 0 Å². The number of aromatic nitrogens is 2. The van der Waals surface area contributed by atoms with Crippen LogP contribution in [0.3, 0.4) is 0 Å². The number of aryl methyl sites for hydroxylation is 1. The molecular weight excluding hydrogens is 160 g/mol. The number of carboxylic acid groups (broad SMARTS) is 1. The molecule has 0 aromatic carbocycles. The van der Waals surface area contributed by atoms with Crippen LogP contribution in [-0.2, 0) is 11.2 Å². The highest BCUT2D eigenvalue weighted by Crippen LogP contribution is 1.90. The lowest BCUT2D eigenvalue weighted by molar-refractivity contribution is -0.136. The summed E-state index contributed by atoms with van der Waals surface area (Å²) >= 11 is 0. The summed E-state index contributed by atoms with van der Waals surface area (Å²) < 4.78 is 0. The number of carboxylic acids is 1. The van der Waals surface area contributed by atoms with Gasteiger partial charge in [0.15, 0.2) is 0 Å². The molecule has 0 aliphatic heterocycles. The van der Waals surface area contributed by atoms with Gasteiger partial charge in [-0.25, -0.2) is 0 Å². The van der Waals surface area contributed by atoms with Crippen molar-refractivity contribution in [2.75, 3.05) is 0 Å². The van der Waals surface area contributed by atoms with Crippen LogP contribution >= 0.6 is 0 Å². The molecule has 5 nitrogen and oxygen atoms in total. The largest absolute Gasteiger partial charge is 0.481 e. The van der Waals surface area contributed by atoms with Gasteiger partial charge < -0.3 is 10.1 Å². The first kappa shape index (κ1) is 8.45. The third-order valence-corrected chi connectivity index (χ3v) is 1.36. The van der Waals surface area contributed by atoms with Crippen molar-refractivity contribution >= 4 is 5.97 Å². The molecule has 0 amide bonds. The summed E-state index contributed by atoms with van der Waals surface area (Å²) in [7, 11) is 0. The SMILES string of the molecule is O=C(O)CCc1ncc[nH]c1=O. The first-order valence-electron chi connectivity index (χ1n) is 3.44. The highest BCUT2D eigenvalue weighted by molar-refractivity contribution is 5.66. The van der Waals surface area contributed by atoms with Crippen LogP contribution in [0.15, 0.2) is 17.2 Å². The van der Waals surface area contributed by atoms with Crippen molar-refractivity contribution < 1.29 is 9.90 Å². The summed E-state index contributed by atoms with van der Waals surface area (Å²) in [6.45, 7) is 0. The highest BCUT2D eigenvalue weighted by atomic mass is 16.4. The number of hydrogen-bond acceptors (Lipinski definition) is 3. The van der Waals surface area contributed by atoms with Gasteiger partial charge in [0.2, 0.25) is 0 Å². The van der Waals surface area contributed by atoms with Crippen molar-refractivity contribution in [2.45, 2.75) is 12.8 Å². The lowest BCUT2D eigenvalue weighted by Crippen LogP contribution is -2.14. The molecule has 0 bridgehead atoms. The number of nitrogens with one attached hydrogen (secondary N) is 1. The first-order valence-corrected chi connectivity index (χ1v) is 3.44. The molecule has 1 aromatic heterocycles. The Kier molecular flexibility index (Phi) is 2.57. The van der Waals surface area contributed by atoms with Crippen molar-refractivity contribution in [2.24, 2.45) is 0 Å². The van der Waals surface area contributed by atoms with Gasteiger partial charge in [-0.15, -0.1) is 0 Å². The summed E-state index contributed by atoms with van der Waals surface area (Å²) in [6, 6.07) is 0. The molecule has 0 spiro atoms. The molecule has 0 radical (unpaired) electrons. The first-order chi connectivity index (χ1) is 5.70. The minimum Gasteiger partial charge on any atom is -0.481 e. The van der Waals surface area contributed by atoms with E-state index in [1.165, 1.54) is 12.4 Å². The molecule has 0 unspecified atom stereocenters. The van der Waals surface area contributed by atoms with E-state index in [4.69, 9.17) is 5.11 Å². The molecule has 1 rings (SSSR count). The Morgan fingerprint density at radius 3 is 3.00 bits per heavy atom. The van der Waals surface area contributed by atoms with E-state index in [-0.39, 0.29) is 24.1 Å². The number of rotatable bonds is 3. The van der Waals surface area contributed by atoms with Crippen molar-refractivity contribution in [3.63, 3.8) is 0 Å². The second kappa shape index (κ2) is 3.66. The fourth-order valence-electron chi connectivity index (χ4n) is 0.786. The maximum atomic E-state index is 10.9. The van der Waals surface area contributed by atoms with Crippen molar-refractivity contribution in [3.05, 3.63) is 28.4 Å². The number of aromatic amines is 1. The third kappa shape index (κ3) is 2.19. The molecule has 0 fully saturated rings. The lowest BCUT2D eigenvalue weighted by Gasteiger charge is -1.93. The average Bonchev–Trinajstić information content (AvgIpc) is 2.03. The maximum Gasteiger partial charge on any atom is 0.303 e.